The van der Waals surface area contributed by atoms with E-state index in [-0.39, 0.29) is 17.2 Å². The molecular formula is C16H16ClF3N4O. The van der Waals surface area contributed by atoms with Crippen LogP contribution in [0.4, 0.5) is 24.7 Å². The van der Waals surface area contributed by atoms with Crippen molar-refractivity contribution in [1.82, 2.24) is 15.3 Å². The maximum absolute atomic E-state index is 12.9. The van der Waals surface area contributed by atoms with E-state index in [1.807, 2.05) is 20.8 Å². The van der Waals surface area contributed by atoms with E-state index in [1.54, 1.807) is 0 Å². The number of aromatic nitrogens is 2. The Morgan fingerprint density at radius 3 is 2.40 bits per heavy atom. The summed E-state index contributed by atoms with van der Waals surface area (Å²) < 4.78 is 38.7. The lowest BCUT2D eigenvalue weighted by atomic mass is 10.1. The van der Waals surface area contributed by atoms with Crippen molar-refractivity contribution in [2.24, 2.45) is 0 Å². The predicted octanol–water partition coefficient (Wildman–Crippen LogP) is 4.42. The molecule has 0 radical (unpaired) electrons. The summed E-state index contributed by atoms with van der Waals surface area (Å²) in [7, 11) is 0. The quantitative estimate of drug-likeness (QED) is 0.837. The van der Waals surface area contributed by atoms with Gasteiger partial charge < -0.3 is 10.6 Å². The second kappa shape index (κ2) is 6.87. The molecule has 0 unspecified atom stereocenters. The van der Waals surface area contributed by atoms with Gasteiger partial charge in [0.25, 0.3) is 5.91 Å². The third kappa shape index (κ3) is 5.32. The zero-order chi connectivity index (χ0) is 18.8. The topological polar surface area (TPSA) is 66.9 Å². The van der Waals surface area contributed by atoms with Crippen LogP contribution in [0.15, 0.2) is 30.6 Å². The number of benzene rings is 1. The second-order valence-corrected chi connectivity index (χ2v) is 6.72. The molecule has 0 bridgehead atoms. The molecule has 2 N–H and O–H groups in total. The van der Waals surface area contributed by atoms with E-state index >= 15 is 0 Å². The molecule has 0 saturated heterocycles. The number of amides is 1. The fraction of sp³-hybridized carbons (Fsp3) is 0.312. The van der Waals surface area contributed by atoms with E-state index in [4.69, 9.17) is 11.6 Å². The standard InChI is InChI=1S/C16H16ClF3N4O/c1-15(2,3)24-14(25)12-7-13(22-8-21-12)23-9-4-5-11(17)10(6-9)16(18,19)20/h4-8H,1-3H3,(H,24,25)(H,21,22,23). The van der Waals surface area contributed by atoms with Crippen molar-refractivity contribution < 1.29 is 18.0 Å². The molecule has 5 nitrogen and oxygen atoms in total. The lowest BCUT2D eigenvalue weighted by molar-refractivity contribution is -0.137. The first-order valence-electron chi connectivity index (χ1n) is 7.24. The van der Waals surface area contributed by atoms with Gasteiger partial charge in [-0.15, -0.1) is 0 Å². The Hall–Kier alpha value is -2.35. The van der Waals surface area contributed by atoms with Crippen LogP contribution in [0.2, 0.25) is 5.02 Å². The minimum atomic E-state index is -4.57. The van der Waals surface area contributed by atoms with E-state index in [0.29, 0.717) is 0 Å². The molecule has 1 amide bonds. The molecule has 0 aliphatic heterocycles. The van der Waals surface area contributed by atoms with Crippen LogP contribution >= 0.6 is 11.6 Å². The molecule has 0 aliphatic rings. The van der Waals surface area contributed by atoms with Crippen LogP contribution in [0.3, 0.4) is 0 Å². The molecule has 2 rings (SSSR count). The van der Waals surface area contributed by atoms with Gasteiger partial charge in [0.05, 0.1) is 10.6 Å². The van der Waals surface area contributed by atoms with E-state index in [1.165, 1.54) is 12.1 Å². The van der Waals surface area contributed by atoms with Gasteiger partial charge in [-0.3, -0.25) is 4.79 Å². The van der Waals surface area contributed by atoms with E-state index in [0.717, 1.165) is 18.5 Å². The van der Waals surface area contributed by atoms with Crippen molar-refractivity contribution in [3.63, 3.8) is 0 Å². The fourth-order valence-corrected chi connectivity index (χ4v) is 2.15. The van der Waals surface area contributed by atoms with Crippen LogP contribution < -0.4 is 10.6 Å². The highest BCUT2D eigenvalue weighted by Gasteiger charge is 2.33. The summed E-state index contributed by atoms with van der Waals surface area (Å²) in [5.74, 6) is -0.227. The molecule has 9 heteroatoms. The van der Waals surface area contributed by atoms with Crippen molar-refractivity contribution in [2.75, 3.05) is 5.32 Å². The first-order valence-corrected chi connectivity index (χ1v) is 7.62. The molecule has 0 aliphatic carbocycles. The molecule has 134 valence electrons. The van der Waals surface area contributed by atoms with Crippen LogP contribution in [0, 0.1) is 0 Å². The Kier molecular flexibility index (Phi) is 5.22. The van der Waals surface area contributed by atoms with Gasteiger partial charge in [0.2, 0.25) is 0 Å². The van der Waals surface area contributed by atoms with E-state index in [2.05, 4.69) is 20.6 Å². The molecule has 2 aromatic rings. The summed E-state index contributed by atoms with van der Waals surface area (Å²) >= 11 is 5.59. The number of rotatable bonds is 3. The zero-order valence-electron chi connectivity index (χ0n) is 13.7. The Morgan fingerprint density at radius 2 is 1.80 bits per heavy atom. The molecule has 25 heavy (non-hydrogen) atoms. The molecular weight excluding hydrogens is 357 g/mol. The van der Waals surface area contributed by atoms with Gasteiger partial charge in [0.1, 0.15) is 17.8 Å². The second-order valence-electron chi connectivity index (χ2n) is 6.31. The van der Waals surface area contributed by atoms with Crippen molar-refractivity contribution in [1.29, 1.82) is 0 Å². The lowest BCUT2D eigenvalue weighted by Gasteiger charge is -2.20. The van der Waals surface area contributed by atoms with Crippen LogP contribution in [-0.2, 0) is 6.18 Å². The highest BCUT2D eigenvalue weighted by atomic mass is 35.5. The number of nitrogens with zero attached hydrogens (tertiary/aromatic N) is 2. The highest BCUT2D eigenvalue weighted by Crippen LogP contribution is 2.36. The Bertz CT molecular complexity index is 788. The SMILES string of the molecule is CC(C)(C)NC(=O)c1cc(Nc2ccc(Cl)c(C(F)(F)F)c2)ncn1. The number of carbonyl (C=O) groups is 1. The van der Waals surface area contributed by atoms with Crippen molar-refractivity contribution >= 4 is 29.0 Å². The largest absolute Gasteiger partial charge is 0.417 e. The Labute approximate surface area is 147 Å². The molecule has 1 aromatic carbocycles. The summed E-state index contributed by atoms with van der Waals surface area (Å²) in [6.45, 7) is 5.45. The number of alkyl halides is 3. The van der Waals surface area contributed by atoms with Gasteiger partial charge in [-0.05, 0) is 39.0 Å². The molecule has 0 saturated carbocycles. The molecule has 1 heterocycles. The summed E-state index contributed by atoms with van der Waals surface area (Å²) in [6.07, 6.45) is -3.42. The summed E-state index contributed by atoms with van der Waals surface area (Å²) in [4.78, 5) is 19.9. The number of hydrogen-bond acceptors (Lipinski definition) is 4. The van der Waals surface area contributed by atoms with Gasteiger partial charge >= 0.3 is 6.18 Å². The molecule has 0 fully saturated rings. The number of carbonyl (C=O) groups excluding carboxylic acids is 1. The maximum Gasteiger partial charge on any atom is 0.417 e. The minimum absolute atomic E-state index is 0.0948. The number of anilines is 2. The van der Waals surface area contributed by atoms with Crippen LogP contribution in [0.5, 0.6) is 0 Å². The minimum Gasteiger partial charge on any atom is -0.346 e. The van der Waals surface area contributed by atoms with E-state index in [9.17, 15) is 18.0 Å². The van der Waals surface area contributed by atoms with E-state index < -0.39 is 28.2 Å². The molecule has 1 aromatic heterocycles. The van der Waals surface area contributed by atoms with Crippen molar-refractivity contribution in [2.45, 2.75) is 32.5 Å². The first-order chi connectivity index (χ1) is 11.5. The van der Waals surface area contributed by atoms with Gasteiger partial charge in [0, 0.05) is 17.3 Å². The number of nitrogens with one attached hydrogen (secondary N) is 2. The Morgan fingerprint density at radius 1 is 1.12 bits per heavy atom. The normalized spacial score (nSPS) is 12.0. The van der Waals surface area contributed by atoms with Crippen LogP contribution in [-0.4, -0.2) is 21.4 Å². The van der Waals surface area contributed by atoms with Gasteiger partial charge in [-0.2, -0.15) is 13.2 Å². The fourth-order valence-electron chi connectivity index (χ4n) is 1.92. The van der Waals surface area contributed by atoms with Gasteiger partial charge in [0.15, 0.2) is 0 Å². The smallest absolute Gasteiger partial charge is 0.346 e. The van der Waals surface area contributed by atoms with Crippen molar-refractivity contribution in [3.8, 4) is 0 Å². The lowest BCUT2D eigenvalue weighted by Crippen LogP contribution is -2.40. The third-order valence-electron chi connectivity index (χ3n) is 2.93. The average Bonchev–Trinajstić information content (AvgIpc) is 2.47. The number of hydrogen-bond donors (Lipinski definition) is 2. The molecule has 0 atom stereocenters. The highest BCUT2D eigenvalue weighted by molar-refractivity contribution is 6.31. The Balaban J connectivity index is 2.24. The van der Waals surface area contributed by atoms with Crippen LogP contribution in [0.1, 0.15) is 36.8 Å². The maximum atomic E-state index is 12.9. The summed E-state index contributed by atoms with van der Waals surface area (Å²) in [5.41, 5.74) is -1.18. The monoisotopic (exact) mass is 372 g/mol. The van der Waals surface area contributed by atoms with Gasteiger partial charge in [-0.25, -0.2) is 9.97 Å². The summed E-state index contributed by atoms with van der Waals surface area (Å²) in [6, 6.07) is 4.75. The molecule has 0 spiro atoms. The van der Waals surface area contributed by atoms with Crippen molar-refractivity contribution in [3.05, 3.63) is 46.9 Å². The van der Waals surface area contributed by atoms with Gasteiger partial charge in [-0.1, -0.05) is 11.6 Å². The predicted molar refractivity (Wildman–Crippen MR) is 89.0 cm³/mol. The van der Waals surface area contributed by atoms with Crippen LogP contribution in [0.25, 0.3) is 0 Å². The first kappa shape index (κ1) is 19.0. The third-order valence-corrected chi connectivity index (χ3v) is 3.26. The zero-order valence-corrected chi connectivity index (χ0v) is 14.5. The average molecular weight is 373 g/mol. The number of halogens is 4. The summed E-state index contributed by atoms with van der Waals surface area (Å²) in [5, 5.41) is 5.05.